The fourth-order valence-electron chi connectivity index (χ4n) is 1.66. The number of rotatable bonds is 5. The normalized spacial score (nSPS) is 11.4. The van der Waals surface area contributed by atoms with E-state index in [1.54, 1.807) is 19.1 Å². The second kappa shape index (κ2) is 5.85. The van der Waals surface area contributed by atoms with Crippen LogP contribution >= 0.6 is 0 Å². The first-order valence-corrected chi connectivity index (χ1v) is 7.10. The van der Waals surface area contributed by atoms with Gasteiger partial charge in [-0.25, -0.2) is 8.42 Å². The SMILES string of the molecule is CCN(CCC#N)S(=O)(=O)c1ccc(C)cc1N. The molecule has 98 valence electrons. The molecule has 1 rings (SSSR count). The van der Waals surface area contributed by atoms with Gasteiger partial charge in [0.1, 0.15) is 4.90 Å². The van der Waals surface area contributed by atoms with Gasteiger partial charge in [-0.15, -0.1) is 0 Å². The maximum atomic E-state index is 12.3. The van der Waals surface area contributed by atoms with E-state index in [-0.39, 0.29) is 23.5 Å². The molecule has 18 heavy (non-hydrogen) atoms. The lowest BCUT2D eigenvalue weighted by molar-refractivity contribution is 0.435. The summed E-state index contributed by atoms with van der Waals surface area (Å²) in [6.45, 7) is 4.08. The Morgan fingerprint density at radius 2 is 2.11 bits per heavy atom. The number of anilines is 1. The van der Waals surface area contributed by atoms with Crippen LogP contribution in [0.1, 0.15) is 18.9 Å². The molecule has 6 heteroatoms. The van der Waals surface area contributed by atoms with Crippen molar-refractivity contribution < 1.29 is 8.42 Å². The minimum absolute atomic E-state index is 0.105. The third-order valence-corrected chi connectivity index (χ3v) is 4.66. The van der Waals surface area contributed by atoms with Gasteiger partial charge in [-0.2, -0.15) is 9.57 Å². The molecule has 0 aliphatic rings. The van der Waals surface area contributed by atoms with Crippen LogP contribution in [0.15, 0.2) is 23.1 Å². The molecule has 0 unspecified atom stereocenters. The van der Waals surface area contributed by atoms with Crippen molar-refractivity contribution in [2.45, 2.75) is 25.2 Å². The molecular formula is C12H17N3O2S. The maximum Gasteiger partial charge on any atom is 0.245 e. The van der Waals surface area contributed by atoms with Crippen LogP contribution in [0, 0.1) is 18.3 Å². The lowest BCUT2D eigenvalue weighted by Crippen LogP contribution is -2.32. The first-order chi connectivity index (χ1) is 8.43. The van der Waals surface area contributed by atoms with Gasteiger partial charge in [0.05, 0.1) is 11.8 Å². The molecule has 0 aliphatic heterocycles. The van der Waals surface area contributed by atoms with Gasteiger partial charge in [-0.05, 0) is 24.6 Å². The molecule has 0 aromatic heterocycles. The highest BCUT2D eigenvalue weighted by Crippen LogP contribution is 2.23. The number of nitrogen functional groups attached to an aromatic ring is 1. The Balaban J connectivity index is 3.15. The van der Waals surface area contributed by atoms with Gasteiger partial charge in [-0.1, -0.05) is 13.0 Å². The number of nitrogens with two attached hydrogens (primary N) is 1. The number of hydrogen-bond acceptors (Lipinski definition) is 4. The molecule has 0 heterocycles. The molecule has 0 radical (unpaired) electrons. The number of aryl methyl sites for hydroxylation is 1. The number of benzene rings is 1. The maximum absolute atomic E-state index is 12.3. The van der Waals surface area contributed by atoms with Gasteiger partial charge in [0, 0.05) is 19.5 Å². The summed E-state index contributed by atoms with van der Waals surface area (Å²) in [6.07, 6.45) is 0.166. The van der Waals surface area contributed by atoms with E-state index in [0.29, 0.717) is 6.54 Å². The molecule has 0 aliphatic carbocycles. The van der Waals surface area contributed by atoms with E-state index in [0.717, 1.165) is 5.56 Å². The van der Waals surface area contributed by atoms with Crippen molar-refractivity contribution in [3.63, 3.8) is 0 Å². The minimum atomic E-state index is -3.61. The van der Waals surface area contributed by atoms with Crippen LogP contribution in [0.2, 0.25) is 0 Å². The van der Waals surface area contributed by atoms with Gasteiger partial charge in [0.2, 0.25) is 10.0 Å². The van der Waals surface area contributed by atoms with Crippen molar-refractivity contribution in [2.24, 2.45) is 0 Å². The molecule has 2 N–H and O–H groups in total. The number of nitriles is 1. The number of nitrogens with zero attached hydrogens (tertiary/aromatic N) is 2. The Labute approximate surface area is 108 Å². The van der Waals surface area contributed by atoms with Crippen molar-refractivity contribution >= 4 is 15.7 Å². The van der Waals surface area contributed by atoms with Gasteiger partial charge < -0.3 is 5.73 Å². The summed E-state index contributed by atoms with van der Waals surface area (Å²) in [5.74, 6) is 0. The molecule has 0 bridgehead atoms. The minimum Gasteiger partial charge on any atom is -0.398 e. The van der Waals surface area contributed by atoms with E-state index in [9.17, 15) is 8.42 Å². The van der Waals surface area contributed by atoms with Crippen LogP contribution in [-0.2, 0) is 10.0 Å². The highest BCUT2D eigenvalue weighted by molar-refractivity contribution is 7.89. The first kappa shape index (κ1) is 14.5. The largest absolute Gasteiger partial charge is 0.398 e. The number of hydrogen-bond donors (Lipinski definition) is 1. The Morgan fingerprint density at radius 3 is 2.61 bits per heavy atom. The molecule has 0 amide bonds. The van der Waals surface area contributed by atoms with E-state index in [4.69, 9.17) is 11.0 Å². The average molecular weight is 267 g/mol. The monoisotopic (exact) mass is 267 g/mol. The highest BCUT2D eigenvalue weighted by Gasteiger charge is 2.24. The topological polar surface area (TPSA) is 87.2 Å². The fraction of sp³-hybridized carbons (Fsp3) is 0.417. The molecular weight excluding hydrogens is 250 g/mol. The van der Waals surface area contributed by atoms with E-state index in [1.165, 1.54) is 10.4 Å². The Bertz CT molecular complexity index is 561. The van der Waals surface area contributed by atoms with Gasteiger partial charge >= 0.3 is 0 Å². The molecule has 0 atom stereocenters. The fourth-order valence-corrected chi connectivity index (χ4v) is 3.21. The summed E-state index contributed by atoms with van der Waals surface area (Å²) in [7, 11) is -3.61. The second-order valence-corrected chi connectivity index (χ2v) is 5.85. The summed E-state index contributed by atoms with van der Waals surface area (Å²) in [5, 5.41) is 8.54. The van der Waals surface area contributed by atoms with Gasteiger partial charge in [-0.3, -0.25) is 0 Å². The average Bonchev–Trinajstić information content (AvgIpc) is 2.29. The summed E-state index contributed by atoms with van der Waals surface area (Å²) >= 11 is 0. The van der Waals surface area contributed by atoms with Crippen LogP contribution in [0.3, 0.4) is 0 Å². The molecule has 5 nitrogen and oxygen atoms in total. The third kappa shape index (κ3) is 3.00. The predicted octanol–water partition coefficient (Wildman–Crippen LogP) is 1.50. The third-order valence-electron chi connectivity index (χ3n) is 2.61. The smallest absolute Gasteiger partial charge is 0.245 e. The zero-order valence-electron chi connectivity index (χ0n) is 10.5. The summed E-state index contributed by atoms with van der Waals surface area (Å²) in [6, 6.07) is 6.79. The van der Waals surface area contributed by atoms with Crippen molar-refractivity contribution in [3.05, 3.63) is 23.8 Å². The standard InChI is InChI=1S/C12H17N3O2S/c1-3-15(8-4-7-13)18(16,17)12-6-5-10(2)9-11(12)14/h5-6,9H,3-4,8,14H2,1-2H3. The van der Waals surface area contributed by atoms with E-state index < -0.39 is 10.0 Å². The zero-order valence-corrected chi connectivity index (χ0v) is 11.4. The Morgan fingerprint density at radius 1 is 1.44 bits per heavy atom. The van der Waals surface area contributed by atoms with Crippen LogP contribution in [0.4, 0.5) is 5.69 Å². The van der Waals surface area contributed by atoms with Crippen molar-refractivity contribution in [2.75, 3.05) is 18.8 Å². The Kier molecular flexibility index (Phi) is 4.70. The lowest BCUT2D eigenvalue weighted by atomic mass is 10.2. The summed E-state index contributed by atoms with van der Waals surface area (Å²) in [4.78, 5) is 0.105. The van der Waals surface area contributed by atoms with E-state index in [2.05, 4.69) is 0 Å². The van der Waals surface area contributed by atoms with Crippen molar-refractivity contribution in [1.82, 2.24) is 4.31 Å². The van der Waals surface area contributed by atoms with Crippen LogP contribution in [0.5, 0.6) is 0 Å². The quantitative estimate of drug-likeness (QED) is 0.819. The summed E-state index contributed by atoms with van der Waals surface area (Å²) < 4.78 is 25.9. The molecule has 1 aromatic carbocycles. The van der Waals surface area contributed by atoms with Gasteiger partial charge in [0.15, 0.2) is 0 Å². The predicted molar refractivity (Wildman–Crippen MR) is 70.3 cm³/mol. The molecule has 0 saturated heterocycles. The molecule has 0 saturated carbocycles. The molecule has 0 fully saturated rings. The number of sulfonamides is 1. The van der Waals surface area contributed by atoms with Crippen molar-refractivity contribution in [3.8, 4) is 6.07 Å². The molecule has 0 spiro atoms. The van der Waals surface area contributed by atoms with Crippen LogP contribution in [0.25, 0.3) is 0 Å². The van der Waals surface area contributed by atoms with E-state index in [1.807, 2.05) is 13.0 Å². The van der Waals surface area contributed by atoms with Crippen LogP contribution < -0.4 is 5.73 Å². The Hall–Kier alpha value is -1.58. The zero-order chi connectivity index (χ0) is 13.8. The highest BCUT2D eigenvalue weighted by atomic mass is 32.2. The van der Waals surface area contributed by atoms with E-state index >= 15 is 0 Å². The molecule has 1 aromatic rings. The second-order valence-electron chi connectivity index (χ2n) is 3.95. The summed E-state index contributed by atoms with van der Waals surface area (Å²) in [5.41, 5.74) is 6.91. The first-order valence-electron chi connectivity index (χ1n) is 5.66. The van der Waals surface area contributed by atoms with Gasteiger partial charge in [0.25, 0.3) is 0 Å². The van der Waals surface area contributed by atoms with Crippen LogP contribution in [-0.4, -0.2) is 25.8 Å². The van der Waals surface area contributed by atoms with Crippen molar-refractivity contribution in [1.29, 1.82) is 5.26 Å². The lowest BCUT2D eigenvalue weighted by Gasteiger charge is -2.20.